The van der Waals surface area contributed by atoms with Crippen LogP contribution in [-0.2, 0) is 0 Å². The first-order chi connectivity index (χ1) is 4.29. The van der Waals surface area contributed by atoms with Crippen LogP contribution in [-0.4, -0.2) is 6.03 Å². The third kappa shape index (κ3) is 1.73. The number of nitrogens with one attached hydrogen (secondary N) is 1. The number of anilines is 1. The molecule has 0 aromatic carbocycles. The number of hydrogen-bond donors (Lipinski definition) is 2. The van der Waals surface area contributed by atoms with Crippen molar-refractivity contribution in [1.82, 2.24) is 0 Å². The van der Waals surface area contributed by atoms with Gasteiger partial charge in [0.15, 0.2) is 0 Å². The molecule has 0 atom stereocenters. The number of rotatable bonds is 1. The second-order valence-corrected chi connectivity index (χ2v) is 2.29. The Kier molecular flexibility index (Phi) is 1.69. The van der Waals surface area contributed by atoms with Crippen LogP contribution in [0.3, 0.4) is 0 Å². The number of hydrogen-bond acceptors (Lipinski definition) is 2. The third-order valence-electron chi connectivity index (χ3n) is 0.718. The molecule has 1 radical (unpaired) electrons. The van der Waals surface area contributed by atoms with Crippen LogP contribution < -0.4 is 11.1 Å². The van der Waals surface area contributed by atoms with Crippen molar-refractivity contribution in [2.45, 2.75) is 0 Å². The quantitative estimate of drug-likeness (QED) is 0.603. The van der Waals surface area contributed by atoms with Crippen molar-refractivity contribution in [2.75, 3.05) is 5.32 Å². The molecule has 0 spiro atoms. The molecule has 2 amide bonds. The lowest BCUT2D eigenvalue weighted by molar-refractivity contribution is 0.259. The number of carbonyl (C=O) groups excluding carboxylic acids is 1. The Morgan fingerprint density at radius 2 is 2.67 bits per heavy atom. The van der Waals surface area contributed by atoms with Gasteiger partial charge in [-0.3, -0.25) is 5.32 Å². The molecule has 1 aromatic rings. The summed E-state index contributed by atoms with van der Waals surface area (Å²) < 4.78 is 0. The van der Waals surface area contributed by atoms with E-state index >= 15 is 0 Å². The zero-order valence-electron chi connectivity index (χ0n) is 4.55. The van der Waals surface area contributed by atoms with E-state index in [2.05, 4.69) is 10.7 Å². The van der Waals surface area contributed by atoms with Crippen LogP contribution in [0, 0.1) is 5.38 Å². The highest BCUT2D eigenvalue weighted by atomic mass is 32.1. The Hall–Kier alpha value is -1.03. The molecule has 0 fully saturated rings. The predicted octanol–water partition coefficient (Wildman–Crippen LogP) is 1.04. The van der Waals surface area contributed by atoms with Gasteiger partial charge in [-0.25, -0.2) is 4.79 Å². The Morgan fingerprint density at radius 3 is 3.11 bits per heavy atom. The lowest BCUT2D eigenvalue weighted by atomic mass is 10.6. The van der Waals surface area contributed by atoms with Gasteiger partial charge in [-0.1, -0.05) is 0 Å². The Labute approximate surface area is 56.5 Å². The molecule has 9 heavy (non-hydrogen) atoms. The van der Waals surface area contributed by atoms with Gasteiger partial charge in [-0.15, -0.1) is 11.3 Å². The van der Waals surface area contributed by atoms with Crippen LogP contribution in [0.1, 0.15) is 0 Å². The normalized spacial score (nSPS) is 8.89. The molecule has 0 saturated heterocycles. The number of primary amides is 1. The Bertz CT molecular complexity index is 195. The molecule has 0 bridgehead atoms. The van der Waals surface area contributed by atoms with E-state index < -0.39 is 6.03 Å². The molecule has 1 rings (SSSR count). The first kappa shape index (κ1) is 6.10. The summed E-state index contributed by atoms with van der Waals surface area (Å²) in [5, 5.41) is 5.94. The summed E-state index contributed by atoms with van der Waals surface area (Å²) >= 11 is 1.31. The fourth-order valence-corrected chi connectivity index (χ4v) is 0.981. The highest BCUT2D eigenvalue weighted by molar-refractivity contribution is 7.13. The molecule has 0 aliphatic heterocycles. The number of urea groups is 1. The molecular formula is C5H5N2OS. The monoisotopic (exact) mass is 141 g/mol. The molecule has 1 heterocycles. The van der Waals surface area contributed by atoms with E-state index in [0.717, 1.165) is 5.00 Å². The lowest BCUT2D eigenvalue weighted by Gasteiger charge is -1.92. The summed E-state index contributed by atoms with van der Waals surface area (Å²) in [6.45, 7) is 0. The topological polar surface area (TPSA) is 55.1 Å². The molecule has 0 aliphatic carbocycles. The predicted molar refractivity (Wildman–Crippen MR) is 36.4 cm³/mol. The van der Waals surface area contributed by atoms with Gasteiger partial charge in [0.2, 0.25) is 0 Å². The van der Waals surface area contributed by atoms with E-state index in [-0.39, 0.29) is 0 Å². The van der Waals surface area contributed by atoms with Crippen molar-refractivity contribution in [3.8, 4) is 0 Å². The van der Waals surface area contributed by atoms with Crippen molar-refractivity contribution in [2.24, 2.45) is 5.73 Å². The van der Waals surface area contributed by atoms with Crippen molar-refractivity contribution in [3.63, 3.8) is 0 Å². The molecule has 0 unspecified atom stereocenters. The minimum atomic E-state index is -0.536. The molecule has 0 saturated carbocycles. The van der Waals surface area contributed by atoms with Crippen molar-refractivity contribution < 1.29 is 4.79 Å². The average Bonchev–Trinajstić information content (AvgIpc) is 2.15. The van der Waals surface area contributed by atoms with Crippen molar-refractivity contribution in [1.29, 1.82) is 0 Å². The lowest BCUT2D eigenvalue weighted by Crippen LogP contribution is -2.18. The van der Waals surface area contributed by atoms with Crippen LogP contribution >= 0.6 is 11.3 Å². The largest absolute Gasteiger partial charge is 0.351 e. The van der Waals surface area contributed by atoms with Gasteiger partial charge in [-0.05, 0) is 12.1 Å². The standard InChI is InChI=1S/C5H5N2OS/c6-5(8)7-4-2-1-3-9-4/h1-2H,(H3,6,7,8). The number of thiophene rings is 1. The van der Waals surface area contributed by atoms with Gasteiger partial charge in [0.25, 0.3) is 0 Å². The van der Waals surface area contributed by atoms with Crippen LogP contribution in [0.4, 0.5) is 9.80 Å². The van der Waals surface area contributed by atoms with Crippen LogP contribution in [0.25, 0.3) is 0 Å². The highest BCUT2D eigenvalue weighted by Crippen LogP contribution is 2.12. The van der Waals surface area contributed by atoms with Gasteiger partial charge in [0.1, 0.15) is 0 Å². The average molecular weight is 141 g/mol. The van der Waals surface area contributed by atoms with E-state index in [1.165, 1.54) is 11.3 Å². The Morgan fingerprint density at radius 1 is 1.89 bits per heavy atom. The molecule has 47 valence electrons. The van der Waals surface area contributed by atoms with E-state index in [0.29, 0.717) is 0 Å². The molecule has 3 nitrogen and oxygen atoms in total. The molecule has 0 aliphatic rings. The first-order valence-corrected chi connectivity index (χ1v) is 3.13. The zero-order valence-corrected chi connectivity index (χ0v) is 5.37. The molecule has 1 aromatic heterocycles. The van der Waals surface area contributed by atoms with E-state index in [1.54, 1.807) is 12.1 Å². The summed E-state index contributed by atoms with van der Waals surface area (Å²) in [6.07, 6.45) is 0. The van der Waals surface area contributed by atoms with E-state index in [9.17, 15) is 4.79 Å². The van der Waals surface area contributed by atoms with E-state index in [1.807, 2.05) is 0 Å². The molecule has 4 heteroatoms. The van der Waals surface area contributed by atoms with Gasteiger partial charge in [0.05, 0.1) is 5.00 Å². The maximum atomic E-state index is 10.2. The van der Waals surface area contributed by atoms with E-state index in [4.69, 9.17) is 5.73 Å². The van der Waals surface area contributed by atoms with Gasteiger partial charge in [-0.2, -0.15) is 0 Å². The van der Waals surface area contributed by atoms with Crippen molar-refractivity contribution in [3.05, 3.63) is 17.5 Å². The van der Waals surface area contributed by atoms with Crippen molar-refractivity contribution >= 4 is 22.4 Å². The second-order valence-electron chi connectivity index (χ2n) is 1.41. The maximum Gasteiger partial charge on any atom is 0.317 e. The summed E-state index contributed by atoms with van der Waals surface area (Å²) in [6, 6.07) is 2.91. The smallest absolute Gasteiger partial charge is 0.317 e. The summed E-state index contributed by atoms with van der Waals surface area (Å²) in [5.74, 6) is 0. The third-order valence-corrected chi connectivity index (χ3v) is 1.43. The van der Waals surface area contributed by atoms with Crippen LogP contribution in [0.15, 0.2) is 12.1 Å². The fourth-order valence-electron chi connectivity index (χ4n) is 0.430. The maximum absolute atomic E-state index is 10.2. The van der Waals surface area contributed by atoms with Gasteiger partial charge >= 0.3 is 6.03 Å². The highest BCUT2D eigenvalue weighted by Gasteiger charge is 1.93. The minimum Gasteiger partial charge on any atom is -0.351 e. The summed E-state index contributed by atoms with van der Waals surface area (Å²) in [4.78, 5) is 10.2. The molecule has 3 N–H and O–H groups in total. The molecular weight excluding hydrogens is 136 g/mol. The Balaban J connectivity index is 2.58. The fraction of sp³-hybridized carbons (Fsp3) is 0. The second kappa shape index (κ2) is 2.50. The SMILES string of the molecule is NC(=O)Nc1cc[c]s1. The minimum absolute atomic E-state index is 0.536. The number of amides is 2. The first-order valence-electron chi connectivity index (χ1n) is 2.31. The summed E-state index contributed by atoms with van der Waals surface area (Å²) in [5.41, 5.74) is 4.83. The summed E-state index contributed by atoms with van der Waals surface area (Å²) in [7, 11) is 0. The number of carbonyl (C=O) groups is 1. The van der Waals surface area contributed by atoms with Crippen LogP contribution in [0.2, 0.25) is 0 Å². The van der Waals surface area contributed by atoms with Crippen LogP contribution in [0.5, 0.6) is 0 Å². The zero-order chi connectivity index (χ0) is 6.69. The van der Waals surface area contributed by atoms with Gasteiger partial charge in [0, 0.05) is 5.38 Å². The number of nitrogens with two attached hydrogens (primary N) is 1. The van der Waals surface area contributed by atoms with Gasteiger partial charge < -0.3 is 5.73 Å².